The third-order valence-corrected chi connectivity index (χ3v) is 3.42. The minimum atomic E-state index is -0.250. The van der Waals surface area contributed by atoms with Crippen molar-refractivity contribution in [2.45, 2.75) is 25.4 Å². The Labute approximate surface area is 100 Å². The fraction of sp³-hybridized carbons (Fsp3) is 0.357. The smallest absolute Gasteiger partial charge is 0.0743 e. The molecule has 1 aliphatic rings. The maximum Gasteiger partial charge on any atom is 0.0743 e. The Kier molecular flexibility index (Phi) is 2.48. The average Bonchev–Trinajstić information content (AvgIpc) is 2.86. The van der Waals surface area contributed by atoms with Crippen molar-refractivity contribution in [1.29, 1.82) is 0 Å². The summed E-state index contributed by atoms with van der Waals surface area (Å²) in [6.45, 7) is 0. The summed E-state index contributed by atoms with van der Waals surface area (Å²) in [6.07, 6.45) is 4.44. The van der Waals surface area contributed by atoms with Gasteiger partial charge >= 0.3 is 0 Å². The number of para-hydroxylation sites is 1. The largest absolute Gasteiger partial charge is 0.389 e. The SMILES string of the molecule is Cn1nc(CC2=CC(O)CC2)c2ccccc21. The zero-order valence-electron chi connectivity index (χ0n) is 9.93. The molecule has 88 valence electrons. The molecule has 3 rings (SSSR count). The van der Waals surface area contributed by atoms with Crippen molar-refractivity contribution in [3.05, 3.63) is 41.6 Å². The Balaban J connectivity index is 1.98. The first-order valence-electron chi connectivity index (χ1n) is 6.02. The van der Waals surface area contributed by atoms with Gasteiger partial charge in [-0.3, -0.25) is 4.68 Å². The Morgan fingerprint density at radius 3 is 3.00 bits per heavy atom. The van der Waals surface area contributed by atoms with Crippen LogP contribution >= 0.6 is 0 Å². The number of aromatic nitrogens is 2. The molecule has 1 heterocycles. The lowest BCUT2D eigenvalue weighted by molar-refractivity contribution is 0.223. The van der Waals surface area contributed by atoms with Crippen molar-refractivity contribution in [1.82, 2.24) is 9.78 Å². The third kappa shape index (κ3) is 1.87. The number of allylic oxidation sites excluding steroid dienone is 1. The second-order valence-electron chi connectivity index (χ2n) is 4.70. The molecule has 0 saturated carbocycles. The Bertz CT molecular complexity index is 583. The molecule has 0 saturated heterocycles. The molecule has 0 aliphatic heterocycles. The van der Waals surface area contributed by atoms with Gasteiger partial charge in [0.25, 0.3) is 0 Å². The molecule has 2 aromatic rings. The number of aliphatic hydroxyl groups is 1. The number of hydrogen-bond donors (Lipinski definition) is 1. The monoisotopic (exact) mass is 228 g/mol. The first-order valence-corrected chi connectivity index (χ1v) is 6.02. The number of aryl methyl sites for hydroxylation is 1. The molecule has 3 heteroatoms. The van der Waals surface area contributed by atoms with Gasteiger partial charge in [-0.1, -0.05) is 29.8 Å². The first kappa shape index (κ1) is 10.5. The van der Waals surface area contributed by atoms with Gasteiger partial charge in [-0.2, -0.15) is 5.10 Å². The second-order valence-corrected chi connectivity index (χ2v) is 4.70. The summed E-state index contributed by atoms with van der Waals surface area (Å²) < 4.78 is 1.93. The molecule has 0 amide bonds. The third-order valence-electron chi connectivity index (χ3n) is 3.42. The lowest BCUT2D eigenvalue weighted by Crippen LogP contribution is -1.94. The van der Waals surface area contributed by atoms with E-state index in [1.54, 1.807) is 0 Å². The molecule has 1 aliphatic carbocycles. The molecule has 0 fully saturated rings. The van der Waals surface area contributed by atoms with Crippen LogP contribution in [0.5, 0.6) is 0 Å². The minimum absolute atomic E-state index is 0.250. The van der Waals surface area contributed by atoms with E-state index >= 15 is 0 Å². The Hall–Kier alpha value is -1.61. The molecule has 1 aromatic heterocycles. The standard InChI is InChI=1S/C14H16N2O/c1-16-14-5-3-2-4-12(14)13(15-16)9-10-6-7-11(17)8-10/h2-5,8,11,17H,6-7,9H2,1H3. The molecule has 3 nitrogen and oxygen atoms in total. The van der Waals surface area contributed by atoms with Crippen LogP contribution < -0.4 is 0 Å². The number of hydrogen-bond acceptors (Lipinski definition) is 2. The van der Waals surface area contributed by atoms with Crippen LogP contribution in [0.4, 0.5) is 0 Å². The van der Waals surface area contributed by atoms with Gasteiger partial charge in [0.1, 0.15) is 0 Å². The molecule has 1 N–H and O–H groups in total. The summed E-state index contributed by atoms with van der Waals surface area (Å²) in [5.74, 6) is 0. The van der Waals surface area contributed by atoms with Crippen molar-refractivity contribution >= 4 is 10.9 Å². The van der Waals surface area contributed by atoms with Gasteiger partial charge in [0.05, 0.1) is 17.3 Å². The van der Waals surface area contributed by atoms with Crippen LogP contribution in [0.15, 0.2) is 35.9 Å². The summed E-state index contributed by atoms with van der Waals surface area (Å²) in [5, 5.41) is 15.3. The van der Waals surface area contributed by atoms with E-state index in [0.717, 1.165) is 25.0 Å². The van der Waals surface area contributed by atoms with Crippen molar-refractivity contribution in [3.8, 4) is 0 Å². The van der Waals surface area contributed by atoms with Crippen molar-refractivity contribution in [2.24, 2.45) is 7.05 Å². The number of aliphatic hydroxyl groups excluding tert-OH is 1. The fourth-order valence-electron chi connectivity index (χ4n) is 2.55. The predicted molar refractivity (Wildman–Crippen MR) is 67.7 cm³/mol. The van der Waals surface area contributed by atoms with E-state index < -0.39 is 0 Å². The number of fused-ring (bicyclic) bond motifs is 1. The van der Waals surface area contributed by atoms with E-state index in [-0.39, 0.29) is 6.10 Å². The summed E-state index contributed by atoms with van der Waals surface area (Å²) >= 11 is 0. The second kappa shape index (κ2) is 4.00. The Morgan fingerprint density at radius 1 is 1.41 bits per heavy atom. The van der Waals surface area contributed by atoms with Gasteiger partial charge in [-0.15, -0.1) is 0 Å². The fourth-order valence-corrected chi connectivity index (χ4v) is 2.55. The van der Waals surface area contributed by atoms with Crippen LogP contribution in [0.25, 0.3) is 10.9 Å². The zero-order chi connectivity index (χ0) is 11.8. The molecule has 1 unspecified atom stereocenters. The van der Waals surface area contributed by atoms with E-state index in [9.17, 15) is 5.11 Å². The van der Waals surface area contributed by atoms with Crippen LogP contribution in [0.1, 0.15) is 18.5 Å². The Morgan fingerprint density at radius 2 is 2.24 bits per heavy atom. The summed E-state index contributed by atoms with van der Waals surface area (Å²) in [5.41, 5.74) is 3.59. The van der Waals surface area contributed by atoms with E-state index in [1.165, 1.54) is 16.5 Å². The van der Waals surface area contributed by atoms with Gasteiger partial charge < -0.3 is 5.11 Å². The first-order chi connectivity index (χ1) is 8.24. The van der Waals surface area contributed by atoms with Crippen molar-refractivity contribution in [2.75, 3.05) is 0 Å². The summed E-state index contributed by atoms with van der Waals surface area (Å²) in [6, 6.07) is 8.28. The molecule has 1 aromatic carbocycles. The topological polar surface area (TPSA) is 38.0 Å². The van der Waals surface area contributed by atoms with Gasteiger partial charge in [0.15, 0.2) is 0 Å². The normalized spacial score (nSPS) is 19.9. The molecule has 0 spiro atoms. The number of nitrogens with zero attached hydrogens (tertiary/aromatic N) is 2. The highest BCUT2D eigenvalue weighted by atomic mass is 16.3. The molecule has 0 bridgehead atoms. The van der Waals surface area contributed by atoms with Crippen molar-refractivity contribution in [3.63, 3.8) is 0 Å². The van der Waals surface area contributed by atoms with E-state index in [1.807, 2.05) is 29.9 Å². The quantitative estimate of drug-likeness (QED) is 0.800. The number of rotatable bonds is 2. The predicted octanol–water partition coefficient (Wildman–Crippen LogP) is 2.20. The highest BCUT2D eigenvalue weighted by molar-refractivity contribution is 5.82. The van der Waals surface area contributed by atoms with E-state index in [0.29, 0.717) is 0 Å². The van der Waals surface area contributed by atoms with E-state index in [2.05, 4.69) is 17.2 Å². The lowest BCUT2D eigenvalue weighted by Gasteiger charge is -1.98. The van der Waals surface area contributed by atoms with E-state index in [4.69, 9.17) is 0 Å². The molecular formula is C14H16N2O. The van der Waals surface area contributed by atoms with Crippen LogP contribution in [0, 0.1) is 0 Å². The molecule has 1 atom stereocenters. The van der Waals surface area contributed by atoms with Crippen LogP contribution in [-0.2, 0) is 13.5 Å². The van der Waals surface area contributed by atoms with Crippen LogP contribution in [-0.4, -0.2) is 21.0 Å². The van der Waals surface area contributed by atoms with Gasteiger partial charge in [0.2, 0.25) is 0 Å². The maximum atomic E-state index is 9.49. The lowest BCUT2D eigenvalue weighted by atomic mass is 10.1. The minimum Gasteiger partial charge on any atom is -0.389 e. The molecule has 0 radical (unpaired) electrons. The molecule has 17 heavy (non-hydrogen) atoms. The highest BCUT2D eigenvalue weighted by Crippen LogP contribution is 2.25. The summed E-state index contributed by atoms with van der Waals surface area (Å²) in [4.78, 5) is 0. The average molecular weight is 228 g/mol. The highest BCUT2D eigenvalue weighted by Gasteiger charge is 2.16. The number of benzene rings is 1. The van der Waals surface area contributed by atoms with Gasteiger partial charge in [-0.05, 0) is 18.9 Å². The van der Waals surface area contributed by atoms with Gasteiger partial charge in [0, 0.05) is 18.9 Å². The summed E-state index contributed by atoms with van der Waals surface area (Å²) in [7, 11) is 1.98. The molecular weight excluding hydrogens is 212 g/mol. The van der Waals surface area contributed by atoms with Gasteiger partial charge in [-0.25, -0.2) is 0 Å². The maximum absolute atomic E-state index is 9.49. The van der Waals surface area contributed by atoms with Crippen LogP contribution in [0.2, 0.25) is 0 Å². The zero-order valence-corrected chi connectivity index (χ0v) is 9.93. The van der Waals surface area contributed by atoms with Crippen molar-refractivity contribution < 1.29 is 5.11 Å². The van der Waals surface area contributed by atoms with Crippen LogP contribution in [0.3, 0.4) is 0 Å².